The molecule has 4 heteroatoms. The summed E-state index contributed by atoms with van der Waals surface area (Å²) in [6, 6.07) is 6.15. The average Bonchev–Trinajstić information content (AvgIpc) is 2.05. The third-order valence-corrected chi connectivity index (χ3v) is 3.65. The molecule has 0 N–H and O–H groups in total. The van der Waals surface area contributed by atoms with Crippen LogP contribution < -0.4 is 0 Å². The van der Waals surface area contributed by atoms with Crippen LogP contribution in [0.2, 0.25) is 5.02 Å². The molecule has 0 saturated heterocycles. The summed E-state index contributed by atoms with van der Waals surface area (Å²) in [5.74, 6) is 0.0780. The molecule has 0 aliphatic heterocycles. The van der Waals surface area contributed by atoms with Crippen LogP contribution in [-0.4, -0.2) is 14.2 Å². The first-order valence-corrected chi connectivity index (χ1v) is 5.87. The highest BCUT2D eigenvalue weighted by atomic mass is 35.5. The van der Waals surface area contributed by atoms with Crippen LogP contribution in [0.5, 0.6) is 0 Å². The first-order chi connectivity index (χ1) is 6.06. The van der Waals surface area contributed by atoms with Gasteiger partial charge in [0.15, 0.2) is 9.84 Å². The van der Waals surface area contributed by atoms with Gasteiger partial charge in [-0.05, 0) is 30.7 Å². The van der Waals surface area contributed by atoms with Gasteiger partial charge in [-0.25, -0.2) is 8.42 Å². The topological polar surface area (TPSA) is 34.1 Å². The van der Waals surface area contributed by atoms with E-state index in [1.807, 2.05) is 0 Å². The quantitative estimate of drug-likeness (QED) is 0.779. The molecule has 1 radical (unpaired) electrons. The smallest absolute Gasteiger partial charge is 0.178 e. The molecule has 0 amide bonds. The second-order valence-electron chi connectivity index (χ2n) is 2.63. The minimum Gasteiger partial charge on any atom is -0.224 e. The molecule has 0 heterocycles. The van der Waals surface area contributed by atoms with Crippen LogP contribution in [0.3, 0.4) is 0 Å². The van der Waals surface area contributed by atoms with E-state index in [9.17, 15) is 8.42 Å². The monoisotopic (exact) mass is 217 g/mol. The Balaban J connectivity index is 3.02. The van der Waals surface area contributed by atoms with Gasteiger partial charge in [-0.2, -0.15) is 0 Å². The Morgan fingerprint density at radius 3 is 2.23 bits per heavy atom. The van der Waals surface area contributed by atoms with E-state index < -0.39 is 9.84 Å². The highest BCUT2D eigenvalue weighted by Crippen LogP contribution is 2.15. The minimum absolute atomic E-state index is 0.0780. The number of hydrogen-bond acceptors (Lipinski definition) is 2. The summed E-state index contributed by atoms with van der Waals surface area (Å²) >= 11 is 5.63. The van der Waals surface area contributed by atoms with Crippen molar-refractivity contribution < 1.29 is 8.42 Å². The summed E-state index contributed by atoms with van der Waals surface area (Å²) in [4.78, 5) is 0.306. The molecule has 1 rings (SSSR count). The van der Waals surface area contributed by atoms with Crippen molar-refractivity contribution in [3.8, 4) is 0 Å². The molecule has 2 nitrogen and oxygen atoms in total. The van der Waals surface area contributed by atoms with Crippen molar-refractivity contribution >= 4 is 21.4 Å². The molecule has 0 bridgehead atoms. The molecule has 1 aromatic rings. The van der Waals surface area contributed by atoms with E-state index in [1.165, 1.54) is 12.1 Å². The highest BCUT2D eigenvalue weighted by molar-refractivity contribution is 7.91. The lowest BCUT2D eigenvalue weighted by atomic mass is 10.4. The Morgan fingerprint density at radius 1 is 1.23 bits per heavy atom. The number of hydrogen-bond donors (Lipinski definition) is 0. The van der Waals surface area contributed by atoms with Gasteiger partial charge in [-0.1, -0.05) is 18.5 Å². The highest BCUT2D eigenvalue weighted by Gasteiger charge is 2.11. The SMILES string of the molecule is [CH2]CCS(=O)(=O)c1ccc(Cl)cc1. The van der Waals surface area contributed by atoms with Gasteiger partial charge in [0.1, 0.15) is 0 Å². The maximum atomic E-state index is 11.5. The van der Waals surface area contributed by atoms with Gasteiger partial charge in [0.2, 0.25) is 0 Å². The number of benzene rings is 1. The van der Waals surface area contributed by atoms with Crippen molar-refractivity contribution in [2.75, 3.05) is 5.75 Å². The summed E-state index contributed by atoms with van der Waals surface area (Å²) in [7, 11) is -3.15. The second-order valence-corrected chi connectivity index (χ2v) is 5.17. The van der Waals surface area contributed by atoms with E-state index in [0.717, 1.165) is 0 Å². The lowest BCUT2D eigenvalue weighted by Crippen LogP contribution is -2.05. The Hall–Kier alpha value is -0.540. The third-order valence-electron chi connectivity index (χ3n) is 1.59. The molecule has 0 aliphatic carbocycles. The maximum Gasteiger partial charge on any atom is 0.178 e. The van der Waals surface area contributed by atoms with Crippen molar-refractivity contribution in [1.29, 1.82) is 0 Å². The van der Waals surface area contributed by atoms with Crippen LogP contribution in [-0.2, 0) is 9.84 Å². The Labute approximate surface area is 83.5 Å². The fourth-order valence-corrected chi connectivity index (χ4v) is 2.24. The predicted octanol–water partition coefficient (Wildman–Crippen LogP) is 2.34. The van der Waals surface area contributed by atoms with Crippen molar-refractivity contribution in [3.63, 3.8) is 0 Å². The lowest BCUT2D eigenvalue weighted by Gasteiger charge is -2.01. The Morgan fingerprint density at radius 2 is 1.77 bits per heavy atom. The van der Waals surface area contributed by atoms with E-state index in [-0.39, 0.29) is 5.75 Å². The molecule has 13 heavy (non-hydrogen) atoms. The van der Waals surface area contributed by atoms with Crippen LogP contribution in [0.1, 0.15) is 6.42 Å². The van der Waals surface area contributed by atoms with Crippen LogP contribution in [0, 0.1) is 6.92 Å². The Bertz CT molecular complexity index is 367. The van der Waals surface area contributed by atoms with Crippen LogP contribution in [0.15, 0.2) is 29.2 Å². The van der Waals surface area contributed by atoms with E-state index in [4.69, 9.17) is 11.6 Å². The van der Waals surface area contributed by atoms with Crippen molar-refractivity contribution in [2.24, 2.45) is 0 Å². The molecule has 0 aromatic heterocycles. The van der Waals surface area contributed by atoms with Gasteiger partial charge in [0.25, 0.3) is 0 Å². The molecular formula is C9H10ClO2S. The molecule has 0 spiro atoms. The third kappa shape index (κ3) is 2.71. The average molecular weight is 218 g/mol. The molecular weight excluding hydrogens is 208 g/mol. The first kappa shape index (κ1) is 10.5. The Kier molecular flexibility index (Phi) is 3.33. The number of rotatable bonds is 3. The van der Waals surface area contributed by atoms with Crippen LogP contribution in [0.4, 0.5) is 0 Å². The van der Waals surface area contributed by atoms with Gasteiger partial charge in [-0.3, -0.25) is 0 Å². The summed E-state index contributed by atoms with van der Waals surface area (Å²) in [6.45, 7) is 3.51. The maximum absolute atomic E-state index is 11.5. The van der Waals surface area contributed by atoms with Gasteiger partial charge in [0.05, 0.1) is 10.6 Å². The van der Waals surface area contributed by atoms with Crippen molar-refractivity contribution in [1.82, 2.24) is 0 Å². The van der Waals surface area contributed by atoms with E-state index >= 15 is 0 Å². The molecule has 0 saturated carbocycles. The van der Waals surface area contributed by atoms with Crippen molar-refractivity contribution in [2.45, 2.75) is 11.3 Å². The molecule has 0 atom stereocenters. The fourth-order valence-electron chi connectivity index (χ4n) is 0.950. The fraction of sp³-hybridized carbons (Fsp3) is 0.222. The predicted molar refractivity (Wildman–Crippen MR) is 53.5 cm³/mol. The normalized spacial score (nSPS) is 11.5. The summed E-state index contributed by atoms with van der Waals surface area (Å²) in [6.07, 6.45) is 0.380. The van der Waals surface area contributed by atoms with Gasteiger partial charge in [-0.15, -0.1) is 0 Å². The largest absolute Gasteiger partial charge is 0.224 e. The first-order valence-electron chi connectivity index (χ1n) is 3.84. The number of sulfone groups is 1. The zero-order valence-corrected chi connectivity index (χ0v) is 8.61. The standard InChI is InChI=1S/C9H10ClO2S/c1-2-7-13(11,12)9-5-3-8(10)4-6-9/h3-6H,1-2,7H2. The molecule has 0 fully saturated rings. The lowest BCUT2D eigenvalue weighted by molar-refractivity contribution is 0.595. The second kappa shape index (κ2) is 4.11. The molecule has 0 unspecified atom stereocenters. The number of halogens is 1. The van der Waals surface area contributed by atoms with Crippen LogP contribution >= 0.6 is 11.6 Å². The summed E-state index contributed by atoms with van der Waals surface area (Å²) < 4.78 is 22.9. The van der Waals surface area contributed by atoms with Gasteiger partial charge < -0.3 is 0 Å². The van der Waals surface area contributed by atoms with Gasteiger partial charge >= 0.3 is 0 Å². The molecule has 0 aliphatic rings. The summed E-state index contributed by atoms with van der Waals surface area (Å²) in [5.41, 5.74) is 0. The molecule has 1 aromatic carbocycles. The summed E-state index contributed by atoms with van der Waals surface area (Å²) in [5, 5.41) is 0.536. The molecule has 71 valence electrons. The van der Waals surface area contributed by atoms with Crippen LogP contribution in [0.25, 0.3) is 0 Å². The minimum atomic E-state index is -3.15. The van der Waals surface area contributed by atoms with E-state index in [2.05, 4.69) is 6.92 Å². The van der Waals surface area contributed by atoms with E-state index in [0.29, 0.717) is 16.3 Å². The zero-order valence-electron chi connectivity index (χ0n) is 7.03. The van der Waals surface area contributed by atoms with E-state index in [1.54, 1.807) is 12.1 Å². The zero-order chi connectivity index (χ0) is 9.90. The van der Waals surface area contributed by atoms with Gasteiger partial charge in [0, 0.05) is 5.02 Å². The van der Waals surface area contributed by atoms with Crippen molar-refractivity contribution in [3.05, 3.63) is 36.2 Å².